The van der Waals surface area contributed by atoms with Gasteiger partial charge in [-0.1, -0.05) is 6.07 Å². The summed E-state index contributed by atoms with van der Waals surface area (Å²) in [7, 11) is 2.06. The molecule has 0 radical (unpaired) electrons. The summed E-state index contributed by atoms with van der Waals surface area (Å²) >= 11 is 0. The molecule has 0 bridgehead atoms. The topological polar surface area (TPSA) is 58.4 Å². The van der Waals surface area contributed by atoms with Crippen LogP contribution in [0.5, 0.6) is 0 Å². The number of likely N-dealkylation sites (N-methyl/N-ethyl adjacent to an activating group) is 1. The molecule has 1 aromatic rings. The third kappa shape index (κ3) is 3.02. The van der Waals surface area contributed by atoms with Crippen LogP contribution >= 0.6 is 0 Å². The molecule has 1 N–H and O–H groups in total. The van der Waals surface area contributed by atoms with Gasteiger partial charge in [-0.05, 0) is 31.6 Å². The van der Waals surface area contributed by atoms with Crippen molar-refractivity contribution in [2.75, 3.05) is 20.1 Å². The van der Waals surface area contributed by atoms with Gasteiger partial charge in [0, 0.05) is 25.2 Å². The molecule has 0 spiro atoms. The third-order valence-corrected chi connectivity index (χ3v) is 3.19. The minimum absolute atomic E-state index is 0.410. The summed E-state index contributed by atoms with van der Waals surface area (Å²) in [5.41, 5.74) is 0.256. The maximum Gasteiger partial charge on any atom is 0.304 e. The zero-order chi connectivity index (χ0) is 13.1. The van der Waals surface area contributed by atoms with Gasteiger partial charge >= 0.3 is 5.69 Å². The zero-order valence-electron chi connectivity index (χ0n) is 10.2. The Labute approximate surface area is 105 Å². The number of hydrogen-bond donors (Lipinski definition) is 1. The molecule has 1 aromatic carbocycles. The number of nitro groups is 1. The van der Waals surface area contributed by atoms with Gasteiger partial charge in [-0.3, -0.25) is 10.1 Å². The summed E-state index contributed by atoms with van der Waals surface area (Å²) in [4.78, 5) is 12.0. The molecule has 1 unspecified atom stereocenters. The fourth-order valence-corrected chi connectivity index (χ4v) is 2.17. The average molecular weight is 253 g/mol. The Kier molecular flexibility index (Phi) is 3.88. The number of hydrogen-bond acceptors (Lipinski definition) is 4. The molecule has 1 aliphatic heterocycles. The molecule has 0 amide bonds. The fraction of sp³-hybridized carbons (Fsp3) is 0.500. The van der Waals surface area contributed by atoms with Crippen molar-refractivity contribution in [1.29, 1.82) is 0 Å². The van der Waals surface area contributed by atoms with Crippen LogP contribution in [0.25, 0.3) is 0 Å². The van der Waals surface area contributed by atoms with E-state index < -0.39 is 16.4 Å². The van der Waals surface area contributed by atoms with Crippen molar-refractivity contribution in [3.63, 3.8) is 0 Å². The molecule has 0 saturated carbocycles. The first-order chi connectivity index (χ1) is 8.56. The van der Waals surface area contributed by atoms with Crippen molar-refractivity contribution in [2.24, 2.45) is 0 Å². The van der Waals surface area contributed by atoms with Crippen molar-refractivity contribution < 1.29 is 9.31 Å². The molecule has 98 valence electrons. The number of nitrogens with one attached hydrogen (secondary N) is 1. The van der Waals surface area contributed by atoms with Gasteiger partial charge in [0.25, 0.3) is 0 Å². The van der Waals surface area contributed by atoms with Crippen LogP contribution in [0.1, 0.15) is 12.0 Å². The van der Waals surface area contributed by atoms with Gasteiger partial charge in [-0.15, -0.1) is 0 Å². The van der Waals surface area contributed by atoms with Gasteiger partial charge in [-0.2, -0.15) is 4.39 Å². The normalized spacial score (nSPS) is 20.2. The Morgan fingerprint density at radius 1 is 1.61 bits per heavy atom. The van der Waals surface area contributed by atoms with E-state index in [1.165, 1.54) is 12.1 Å². The van der Waals surface area contributed by atoms with Crippen LogP contribution in [0, 0.1) is 15.9 Å². The smallest absolute Gasteiger partial charge is 0.304 e. The van der Waals surface area contributed by atoms with Gasteiger partial charge in [0.15, 0.2) is 0 Å². The molecule has 1 saturated heterocycles. The van der Waals surface area contributed by atoms with Gasteiger partial charge < -0.3 is 10.2 Å². The molecule has 2 rings (SSSR count). The van der Waals surface area contributed by atoms with Crippen molar-refractivity contribution in [3.05, 3.63) is 39.7 Å². The molecule has 1 heterocycles. The largest absolute Gasteiger partial charge is 0.309 e. The Hall–Kier alpha value is -1.53. The second-order valence-corrected chi connectivity index (χ2v) is 4.67. The average Bonchev–Trinajstić information content (AvgIpc) is 2.72. The first kappa shape index (κ1) is 12.9. The van der Waals surface area contributed by atoms with Crippen molar-refractivity contribution in [2.45, 2.75) is 19.0 Å². The zero-order valence-corrected chi connectivity index (χ0v) is 10.2. The number of nitrogens with zero attached hydrogens (tertiary/aromatic N) is 2. The molecule has 1 atom stereocenters. The lowest BCUT2D eigenvalue weighted by molar-refractivity contribution is -0.387. The number of halogens is 1. The summed E-state index contributed by atoms with van der Waals surface area (Å²) < 4.78 is 13.4. The molecule has 0 aromatic heterocycles. The molecular formula is C12H16FN3O2. The maximum atomic E-state index is 13.4. The molecule has 18 heavy (non-hydrogen) atoms. The van der Waals surface area contributed by atoms with E-state index in [-0.39, 0.29) is 0 Å². The fourth-order valence-electron chi connectivity index (χ4n) is 2.17. The Morgan fingerprint density at radius 2 is 2.39 bits per heavy atom. The second-order valence-electron chi connectivity index (χ2n) is 4.67. The Balaban J connectivity index is 1.94. The van der Waals surface area contributed by atoms with Crippen molar-refractivity contribution in [3.8, 4) is 0 Å². The van der Waals surface area contributed by atoms with Gasteiger partial charge in [0.2, 0.25) is 5.82 Å². The quantitative estimate of drug-likeness (QED) is 0.653. The first-order valence-corrected chi connectivity index (χ1v) is 5.91. The van der Waals surface area contributed by atoms with E-state index in [0.717, 1.165) is 25.1 Å². The van der Waals surface area contributed by atoms with Crippen molar-refractivity contribution >= 4 is 5.69 Å². The predicted octanol–water partition coefficient (Wildman–Crippen LogP) is 1.53. The minimum atomic E-state index is -0.775. The van der Waals surface area contributed by atoms with Crippen LogP contribution in [0.4, 0.5) is 10.1 Å². The summed E-state index contributed by atoms with van der Waals surface area (Å²) in [5, 5.41) is 13.8. The van der Waals surface area contributed by atoms with Crippen LogP contribution in [-0.4, -0.2) is 36.0 Å². The molecule has 6 heteroatoms. The number of likely N-dealkylation sites (tertiary alicyclic amines) is 1. The van der Waals surface area contributed by atoms with Crippen LogP contribution in [0.2, 0.25) is 0 Å². The lowest BCUT2D eigenvalue weighted by atomic mass is 10.1. The predicted molar refractivity (Wildman–Crippen MR) is 65.8 cm³/mol. The third-order valence-electron chi connectivity index (χ3n) is 3.19. The number of rotatable bonds is 4. The first-order valence-electron chi connectivity index (χ1n) is 5.91. The van der Waals surface area contributed by atoms with E-state index in [1.807, 2.05) is 0 Å². The van der Waals surface area contributed by atoms with E-state index in [0.29, 0.717) is 12.6 Å². The lowest BCUT2D eigenvalue weighted by Gasteiger charge is -2.12. The van der Waals surface area contributed by atoms with Crippen LogP contribution in [0.15, 0.2) is 18.2 Å². The second kappa shape index (κ2) is 5.41. The lowest BCUT2D eigenvalue weighted by Crippen LogP contribution is -2.30. The highest BCUT2D eigenvalue weighted by molar-refractivity contribution is 5.34. The van der Waals surface area contributed by atoms with Crippen LogP contribution in [-0.2, 0) is 6.54 Å². The Bertz CT molecular complexity index is 453. The van der Waals surface area contributed by atoms with E-state index in [1.54, 1.807) is 6.07 Å². The van der Waals surface area contributed by atoms with E-state index >= 15 is 0 Å². The summed E-state index contributed by atoms with van der Waals surface area (Å²) in [6.45, 7) is 2.58. The number of nitro benzene ring substituents is 1. The SMILES string of the molecule is CN1CCC(NCc2ccc([N+](=O)[O-])c(F)c2)C1. The summed E-state index contributed by atoms with van der Waals surface area (Å²) in [6, 6.07) is 4.44. The maximum absolute atomic E-state index is 13.4. The molecule has 0 aliphatic carbocycles. The summed E-state index contributed by atoms with van der Waals surface area (Å²) in [5.74, 6) is -0.775. The van der Waals surface area contributed by atoms with E-state index in [4.69, 9.17) is 0 Å². The molecular weight excluding hydrogens is 237 g/mol. The number of benzene rings is 1. The minimum Gasteiger partial charge on any atom is -0.309 e. The van der Waals surface area contributed by atoms with Crippen LogP contribution < -0.4 is 5.32 Å². The van der Waals surface area contributed by atoms with Gasteiger partial charge in [-0.25, -0.2) is 0 Å². The van der Waals surface area contributed by atoms with E-state index in [2.05, 4.69) is 17.3 Å². The van der Waals surface area contributed by atoms with Gasteiger partial charge in [0.1, 0.15) is 0 Å². The van der Waals surface area contributed by atoms with Gasteiger partial charge in [0.05, 0.1) is 4.92 Å². The summed E-state index contributed by atoms with van der Waals surface area (Å²) in [6.07, 6.45) is 1.08. The van der Waals surface area contributed by atoms with Crippen molar-refractivity contribution in [1.82, 2.24) is 10.2 Å². The van der Waals surface area contributed by atoms with E-state index in [9.17, 15) is 14.5 Å². The molecule has 1 fully saturated rings. The highest BCUT2D eigenvalue weighted by Crippen LogP contribution is 2.18. The van der Waals surface area contributed by atoms with Crippen LogP contribution in [0.3, 0.4) is 0 Å². The molecule has 1 aliphatic rings. The monoisotopic (exact) mass is 253 g/mol. The Morgan fingerprint density at radius 3 is 2.94 bits per heavy atom. The highest BCUT2D eigenvalue weighted by Gasteiger charge is 2.19. The molecule has 5 nitrogen and oxygen atoms in total. The highest BCUT2D eigenvalue weighted by atomic mass is 19.1. The standard InChI is InChI=1S/C12H16FN3O2/c1-15-5-4-10(8-15)14-7-9-2-3-12(16(17)18)11(13)6-9/h2-3,6,10,14H,4-5,7-8H2,1H3.